The third-order valence-electron chi connectivity index (χ3n) is 11.9. The van der Waals surface area contributed by atoms with Crippen molar-refractivity contribution in [3.63, 3.8) is 0 Å². The maximum atomic E-state index is 12.4. The summed E-state index contributed by atoms with van der Waals surface area (Å²) in [5.74, 6) is -0.0983. The molecule has 0 saturated heterocycles. The first-order valence-corrected chi connectivity index (χ1v) is 26.2. The van der Waals surface area contributed by atoms with Crippen molar-refractivity contribution in [1.29, 1.82) is 0 Å². The van der Waals surface area contributed by atoms with Crippen LogP contribution >= 0.6 is 0 Å². The van der Waals surface area contributed by atoms with Crippen LogP contribution in [0.4, 0.5) is 0 Å². The Labute approximate surface area is 373 Å². The molecule has 0 spiro atoms. The van der Waals surface area contributed by atoms with Crippen LogP contribution in [0.2, 0.25) is 0 Å². The summed E-state index contributed by atoms with van der Waals surface area (Å²) in [5, 5.41) is 23.2. The molecule has 3 N–H and O–H groups in total. The van der Waals surface area contributed by atoms with Crippen molar-refractivity contribution in [2.45, 2.75) is 283 Å². The second-order valence-corrected chi connectivity index (χ2v) is 17.8. The molecule has 1 amide bonds. The standard InChI is InChI=1S/C54H101NO5/c1-3-5-7-9-11-13-15-17-19-21-23-28-32-36-40-44-48-54(59)60-49-45-41-37-33-29-25-24-27-31-35-39-43-47-53(58)55-51(50-56)52(57)46-42-38-34-30-26-22-20-18-16-14-12-10-8-6-4-2/h13,15,19,21,25,29,51-52,56-57H,3-12,14,16-18,20,22-24,26-28,30-50H2,1-2H3,(H,55,58)/b15-13-,21-19-,29-25-. The lowest BCUT2D eigenvalue weighted by molar-refractivity contribution is -0.143. The van der Waals surface area contributed by atoms with Gasteiger partial charge in [-0.2, -0.15) is 0 Å². The number of amides is 1. The molecule has 0 aliphatic carbocycles. The van der Waals surface area contributed by atoms with E-state index in [1.165, 1.54) is 148 Å². The van der Waals surface area contributed by atoms with Gasteiger partial charge in [-0.15, -0.1) is 0 Å². The number of aliphatic hydroxyl groups is 2. The first-order valence-electron chi connectivity index (χ1n) is 26.2. The lowest BCUT2D eigenvalue weighted by Gasteiger charge is -2.22. The Balaban J connectivity index is 3.52. The molecule has 2 atom stereocenters. The van der Waals surface area contributed by atoms with Gasteiger partial charge in [0.2, 0.25) is 5.91 Å². The van der Waals surface area contributed by atoms with Crippen molar-refractivity contribution in [3.05, 3.63) is 36.5 Å². The van der Waals surface area contributed by atoms with Gasteiger partial charge in [-0.05, 0) is 89.9 Å². The Morgan fingerprint density at radius 2 is 0.833 bits per heavy atom. The third-order valence-corrected chi connectivity index (χ3v) is 11.9. The summed E-state index contributed by atoms with van der Waals surface area (Å²) in [7, 11) is 0. The highest BCUT2D eigenvalue weighted by molar-refractivity contribution is 5.76. The molecule has 0 fully saturated rings. The topological polar surface area (TPSA) is 95.9 Å². The molecular weight excluding hydrogens is 743 g/mol. The lowest BCUT2D eigenvalue weighted by atomic mass is 10.0. The first kappa shape index (κ1) is 58.1. The number of unbranched alkanes of at least 4 members (excludes halogenated alkanes) is 31. The van der Waals surface area contributed by atoms with E-state index in [2.05, 4.69) is 55.6 Å². The van der Waals surface area contributed by atoms with Gasteiger partial charge in [-0.25, -0.2) is 0 Å². The molecule has 0 heterocycles. The van der Waals surface area contributed by atoms with E-state index in [1.54, 1.807) is 0 Å². The Morgan fingerprint density at radius 3 is 1.30 bits per heavy atom. The van der Waals surface area contributed by atoms with Crippen LogP contribution in [-0.2, 0) is 14.3 Å². The summed E-state index contributed by atoms with van der Waals surface area (Å²) < 4.78 is 5.44. The van der Waals surface area contributed by atoms with Crippen LogP contribution in [-0.4, -0.2) is 47.4 Å². The van der Waals surface area contributed by atoms with E-state index in [0.717, 1.165) is 89.9 Å². The molecule has 60 heavy (non-hydrogen) atoms. The molecule has 6 nitrogen and oxygen atoms in total. The van der Waals surface area contributed by atoms with Crippen LogP contribution in [0, 0.1) is 0 Å². The highest BCUT2D eigenvalue weighted by Gasteiger charge is 2.20. The number of hydrogen-bond donors (Lipinski definition) is 3. The summed E-state index contributed by atoms with van der Waals surface area (Å²) in [6.45, 7) is 4.87. The summed E-state index contributed by atoms with van der Waals surface area (Å²) in [6, 6.07) is -0.561. The van der Waals surface area contributed by atoms with E-state index in [0.29, 0.717) is 25.9 Å². The van der Waals surface area contributed by atoms with Crippen LogP contribution in [0.5, 0.6) is 0 Å². The number of carbonyl (C=O) groups excluding carboxylic acids is 2. The van der Waals surface area contributed by atoms with Gasteiger partial charge in [0, 0.05) is 12.8 Å². The quantitative estimate of drug-likeness (QED) is 0.0322. The lowest BCUT2D eigenvalue weighted by Crippen LogP contribution is -2.45. The average Bonchev–Trinajstić information content (AvgIpc) is 3.25. The van der Waals surface area contributed by atoms with Gasteiger partial charge in [0.1, 0.15) is 0 Å². The minimum atomic E-state index is -0.681. The van der Waals surface area contributed by atoms with Gasteiger partial charge in [0.25, 0.3) is 0 Å². The van der Waals surface area contributed by atoms with E-state index in [4.69, 9.17) is 4.74 Å². The van der Waals surface area contributed by atoms with Crippen LogP contribution in [0.25, 0.3) is 0 Å². The molecule has 0 bridgehead atoms. The summed E-state index contributed by atoms with van der Waals surface area (Å²) in [4.78, 5) is 24.5. The zero-order valence-corrected chi connectivity index (χ0v) is 39.9. The molecule has 0 aliphatic heterocycles. The Bertz CT molecular complexity index is 977. The fourth-order valence-corrected chi connectivity index (χ4v) is 7.84. The summed E-state index contributed by atoms with van der Waals surface area (Å²) in [6.07, 6.45) is 59.7. The zero-order chi connectivity index (χ0) is 43.7. The molecule has 0 aliphatic rings. The number of hydrogen-bond acceptors (Lipinski definition) is 5. The molecule has 0 rings (SSSR count). The first-order chi connectivity index (χ1) is 29.5. The maximum absolute atomic E-state index is 12.4. The number of ether oxygens (including phenoxy) is 1. The largest absolute Gasteiger partial charge is 0.466 e. The van der Waals surface area contributed by atoms with Gasteiger partial charge in [-0.1, -0.05) is 204 Å². The second kappa shape index (κ2) is 49.7. The fraction of sp³-hybridized carbons (Fsp3) is 0.852. The molecule has 0 saturated carbocycles. The molecule has 0 aromatic rings. The highest BCUT2D eigenvalue weighted by Crippen LogP contribution is 2.16. The smallest absolute Gasteiger partial charge is 0.305 e. The van der Waals surface area contributed by atoms with Crippen molar-refractivity contribution >= 4 is 11.9 Å². The molecular formula is C54H101NO5. The fourth-order valence-electron chi connectivity index (χ4n) is 7.84. The Hall–Kier alpha value is -1.92. The predicted octanol–water partition coefficient (Wildman–Crippen LogP) is 15.7. The monoisotopic (exact) mass is 844 g/mol. The van der Waals surface area contributed by atoms with E-state index >= 15 is 0 Å². The van der Waals surface area contributed by atoms with E-state index in [9.17, 15) is 19.8 Å². The van der Waals surface area contributed by atoms with Crippen molar-refractivity contribution in [2.24, 2.45) is 0 Å². The number of rotatable bonds is 48. The molecule has 352 valence electrons. The van der Waals surface area contributed by atoms with E-state index < -0.39 is 12.1 Å². The predicted molar refractivity (Wildman–Crippen MR) is 259 cm³/mol. The van der Waals surface area contributed by atoms with Gasteiger partial charge < -0.3 is 20.3 Å². The van der Waals surface area contributed by atoms with Crippen LogP contribution < -0.4 is 5.32 Å². The minimum Gasteiger partial charge on any atom is -0.466 e. The maximum Gasteiger partial charge on any atom is 0.305 e. The number of nitrogens with one attached hydrogen (secondary N) is 1. The van der Waals surface area contributed by atoms with E-state index in [-0.39, 0.29) is 18.5 Å². The van der Waals surface area contributed by atoms with Crippen LogP contribution in [0.3, 0.4) is 0 Å². The number of carbonyl (C=O) groups is 2. The van der Waals surface area contributed by atoms with Crippen molar-refractivity contribution in [3.8, 4) is 0 Å². The van der Waals surface area contributed by atoms with Crippen molar-refractivity contribution < 1.29 is 24.5 Å². The second-order valence-electron chi connectivity index (χ2n) is 17.8. The van der Waals surface area contributed by atoms with Gasteiger partial charge in [0.05, 0.1) is 25.4 Å². The zero-order valence-electron chi connectivity index (χ0n) is 39.9. The Morgan fingerprint density at radius 1 is 0.467 bits per heavy atom. The molecule has 6 heteroatoms. The van der Waals surface area contributed by atoms with Crippen LogP contribution in [0.15, 0.2) is 36.5 Å². The molecule has 0 aromatic carbocycles. The Kier molecular flexibility index (Phi) is 48.1. The number of allylic oxidation sites excluding steroid dienone is 6. The van der Waals surface area contributed by atoms with Crippen LogP contribution in [0.1, 0.15) is 271 Å². The van der Waals surface area contributed by atoms with Crippen molar-refractivity contribution in [1.82, 2.24) is 5.32 Å². The highest BCUT2D eigenvalue weighted by atomic mass is 16.5. The van der Waals surface area contributed by atoms with Crippen molar-refractivity contribution in [2.75, 3.05) is 13.2 Å². The van der Waals surface area contributed by atoms with E-state index in [1.807, 2.05) is 0 Å². The normalized spacial score (nSPS) is 12.9. The SMILES string of the molecule is CCCCCC/C=C\C/C=C\CCCCCCCC(=O)OCCCCC/C=C\CCCCCCCC(=O)NC(CO)C(O)CCCCCCCCCCCCCCCCC. The molecule has 0 aromatic heterocycles. The number of aliphatic hydroxyl groups excluding tert-OH is 2. The third kappa shape index (κ3) is 45.6. The van der Waals surface area contributed by atoms with Gasteiger partial charge in [0.15, 0.2) is 0 Å². The van der Waals surface area contributed by atoms with Gasteiger partial charge >= 0.3 is 5.97 Å². The average molecular weight is 844 g/mol. The molecule has 0 radical (unpaired) electrons. The summed E-state index contributed by atoms with van der Waals surface area (Å²) >= 11 is 0. The summed E-state index contributed by atoms with van der Waals surface area (Å²) in [5.41, 5.74) is 0. The molecule has 2 unspecified atom stereocenters. The number of esters is 1. The van der Waals surface area contributed by atoms with Gasteiger partial charge in [-0.3, -0.25) is 9.59 Å². The minimum absolute atomic E-state index is 0.0365.